The van der Waals surface area contributed by atoms with Gasteiger partial charge in [0, 0.05) is 12.0 Å². The second-order valence-electron chi connectivity index (χ2n) is 8.46. The standard InChI is InChI=1S/C27H30N2O4/c1-18(21-8-10-22(11-9-21)27(3,4)31)25(30)15-12-23-16-26(29-19(2)28-23)33-17-20-6-13-24(32-5)14-7-20/h6-11,13-14,16,18,25,30-31H,17H2,1-5H3. The second-order valence-corrected chi connectivity index (χ2v) is 8.46. The van der Waals surface area contributed by atoms with E-state index in [9.17, 15) is 10.2 Å². The van der Waals surface area contributed by atoms with Crippen molar-refractivity contribution in [1.29, 1.82) is 0 Å². The van der Waals surface area contributed by atoms with E-state index < -0.39 is 11.7 Å². The molecule has 0 saturated carbocycles. The molecular formula is C27H30N2O4. The Morgan fingerprint density at radius 1 is 1.03 bits per heavy atom. The zero-order chi connectivity index (χ0) is 24.0. The van der Waals surface area contributed by atoms with E-state index in [1.807, 2.05) is 55.5 Å². The van der Waals surface area contributed by atoms with Gasteiger partial charge in [0.15, 0.2) is 0 Å². The van der Waals surface area contributed by atoms with Crippen LogP contribution < -0.4 is 9.47 Å². The third kappa shape index (κ3) is 6.79. The highest BCUT2D eigenvalue weighted by molar-refractivity contribution is 5.35. The van der Waals surface area contributed by atoms with Crippen molar-refractivity contribution in [3.05, 3.63) is 82.8 Å². The maximum Gasteiger partial charge on any atom is 0.218 e. The molecule has 2 unspecified atom stereocenters. The first-order valence-electron chi connectivity index (χ1n) is 10.8. The van der Waals surface area contributed by atoms with Crippen LogP contribution in [0.25, 0.3) is 0 Å². The number of benzene rings is 2. The lowest BCUT2D eigenvalue weighted by atomic mass is 9.91. The van der Waals surface area contributed by atoms with Gasteiger partial charge in [-0.05, 0) is 55.5 Å². The predicted octanol–water partition coefficient (Wildman–Crippen LogP) is 4.12. The lowest BCUT2D eigenvalue weighted by Gasteiger charge is -2.20. The minimum atomic E-state index is -0.905. The summed E-state index contributed by atoms with van der Waals surface area (Å²) in [6, 6.07) is 16.8. The van der Waals surface area contributed by atoms with Crippen molar-refractivity contribution in [2.45, 2.75) is 51.9 Å². The topological polar surface area (TPSA) is 84.7 Å². The number of aryl methyl sites for hydroxylation is 1. The highest BCUT2D eigenvalue weighted by atomic mass is 16.5. The smallest absolute Gasteiger partial charge is 0.218 e. The fourth-order valence-electron chi connectivity index (χ4n) is 3.21. The summed E-state index contributed by atoms with van der Waals surface area (Å²) in [5.41, 5.74) is 2.32. The molecule has 0 radical (unpaired) electrons. The number of nitrogens with zero attached hydrogens (tertiary/aromatic N) is 2. The van der Waals surface area contributed by atoms with E-state index in [1.54, 1.807) is 33.9 Å². The van der Waals surface area contributed by atoms with Gasteiger partial charge in [0.25, 0.3) is 0 Å². The molecule has 0 aliphatic carbocycles. The summed E-state index contributed by atoms with van der Waals surface area (Å²) in [5.74, 6) is 7.36. The van der Waals surface area contributed by atoms with Crippen molar-refractivity contribution in [2.24, 2.45) is 0 Å². The molecule has 1 heterocycles. The van der Waals surface area contributed by atoms with Gasteiger partial charge in [0.05, 0.1) is 12.7 Å². The number of hydrogen-bond acceptors (Lipinski definition) is 6. The number of aromatic nitrogens is 2. The zero-order valence-corrected chi connectivity index (χ0v) is 19.7. The molecule has 0 aliphatic heterocycles. The normalized spacial score (nSPS) is 12.9. The number of methoxy groups -OCH3 is 1. The third-order valence-electron chi connectivity index (χ3n) is 5.32. The molecule has 0 spiro atoms. The molecule has 0 aliphatic rings. The van der Waals surface area contributed by atoms with Crippen molar-refractivity contribution in [1.82, 2.24) is 9.97 Å². The van der Waals surface area contributed by atoms with E-state index in [4.69, 9.17) is 9.47 Å². The lowest BCUT2D eigenvalue weighted by molar-refractivity contribution is 0.0785. The second kappa shape index (κ2) is 10.5. The number of ether oxygens (including phenoxy) is 2. The van der Waals surface area contributed by atoms with Gasteiger partial charge in [-0.2, -0.15) is 4.98 Å². The van der Waals surface area contributed by atoms with Gasteiger partial charge in [0.2, 0.25) is 5.88 Å². The number of aliphatic hydroxyl groups is 2. The van der Waals surface area contributed by atoms with Gasteiger partial charge < -0.3 is 19.7 Å². The van der Waals surface area contributed by atoms with Crippen LogP contribution in [-0.2, 0) is 12.2 Å². The Morgan fingerprint density at radius 3 is 2.30 bits per heavy atom. The molecule has 6 heteroatoms. The van der Waals surface area contributed by atoms with Crippen LogP contribution in [0.3, 0.4) is 0 Å². The minimum absolute atomic E-state index is 0.206. The molecule has 172 valence electrons. The van der Waals surface area contributed by atoms with Gasteiger partial charge in [-0.1, -0.05) is 49.2 Å². The maximum absolute atomic E-state index is 10.6. The monoisotopic (exact) mass is 446 g/mol. The van der Waals surface area contributed by atoms with Crippen LogP contribution in [0.5, 0.6) is 11.6 Å². The van der Waals surface area contributed by atoms with Gasteiger partial charge in [-0.3, -0.25) is 0 Å². The molecule has 0 saturated heterocycles. The fourth-order valence-corrected chi connectivity index (χ4v) is 3.21. The first-order valence-corrected chi connectivity index (χ1v) is 10.8. The van der Waals surface area contributed by atoms with Gasteiger partial charge in [-0.25, -0.2) is 4.98 Å². The van der Waals surface area contributed by atoms with Crippen LogP contribution >= 0.6 is 0 Å². The number of rotatable bonds is 7. The molecule has 0 bridgehead atoms. The first kappa shape index (κ1) is 24.2. The van der Waals surface area contributed by atoms with Gasteiger partial charge in [-0.15, -0.1) is 0 Å². The predicted molar refractivity (Wildman–Crippen MR) is 127 cm³/mol. The van der Waals surface area contributed by atoms with Gasteiger partial charge in [0.1, 0.15) is 30.0 Å². The van der Waals surface area contributed by atoms with Crippen molar-refractivity contribution in [3.63, 3.8) is 0 Å². The summed E-state index contributed by atoms with van der Waals surface area (Å²) >= 11 is 0. The Labute approximate surface area is 195 Å². The van der Waals surface area contributed by atoms with Gasteiger partial charge >= 0.3 is 0 Å². The Kier molecular flexibility index (Phi) is 7.70. The van der Waals surface area contributed by atoms with Crippen molar-refractivity contribution in [3.8, 4) is 23.5 Å². The Bertz CT molecular complexity index is 1120. The summed E-state index contributed by atoms with van der Waals surface area (Å²) in [6.07, 6.45) is -0.878. The van der Waals surface area contributed by atoms with Crippen molar-refractivity contribution < 1.29 is 19.7 Å². The van der Waals surface area contributed by atoms with E-state index in [1.165, 1.54) is 0 Å². The van der Waals surface area contributed by atoms with E-state index in [-0.39, 0.29) is 5.92 Å². The van der Waals surface area contributed by atoms with Crippen molar-refractivity contribution in [2.75, 3.05) is 7.11 Å². The molecule has 6 nitrogen and oxygen atoms in total. The van der Waals surface area contributed by atoms with E-state index >= 15 is 0 Å². The molecule has 2 atom stereocenters. The van der Waals surface area contributed by atoms with Crippen LogP contribution in [0.15, 0.2) is 54.6 Å². The van der Waals surface area contributed by atoms with Crippen LogP contribution in [0.4, 0.5) is 0 Å². The minimum Gasteiger partial charge on any atom is -0.497 e. The number of hydrogen-bond donors (Lipinski definition) is 2. The zero-order valence-electron chi connectivity index (χ0n) is 19.7. The molecule has 1 aromatic heterocycles. The van der Waals surface area contributed by atoms with Crippen LogP contribution in [0.1, 0.15) is 54.9 Å². The molecule has 3 aromatic rings. The van der Waals surface area contributed by atoms with Crippen LogP contribution in [0, 0.1) is 18.8 Å². The Balaban J connectivity index is 1.67. The lowest BCUT2D eigenvalue weighted by Crippen LogP contribution is -2.17. The molecule has 0 fully saturated rings. The largest absolute Gasteiger partial charge is 0.497 e. The Morgan fingerprint density at radius 2 is 1.70 bits per heavy atom. The quantitative estimate of drug-likeness (QED) is 0.531. The molecule has 33 heavy (non-hydrogen) atoms. The molecule has 3 rings (SSSR count). The van der Waals surface area contributed by atoms with Crippen molar-refractivity contribution >= 4 is 0 Å². The summed E-state index contributed by atoms with van der Waals surface area (Å²) < 4.78 is 11.0. The summed E-state index contributed by atoms with van der Waals surface area (Å²) in [5, 5.41) is 20.7. The van der Waals surface area contributed by atoms with Crippen LogP contribution in [0.2, 0.25) is 0 Å². The maximum atomic E-state index is 10.6. The average Bonchev–Trinajstić information content (AvgIpc) is 2.80. The highest BCUT2D eigenvalue weighted by Gasteiger charge is 2.18. The SMILES string of the molecule is COc1ccc(COc2cc(C#CC(O)C(C)c3ccc(C(C)(C)O)cc3)nc(C)n2)cc1. The van der Waals surface area contributed by atoms with E-state index in [2.05, 4.69) is 21.8 Å². The molecule has 0 amide bonds. The van der Waals surface area contributed by atoms with E-state index in [0.717, 1.165) is 22.4 Å². The fraction of sp³-hybridized carbons (Fsp3) is 0.333. The third-order valence-corrected chi connectivity index (χ3v) is 5.32. The highest BCUT2D eigenvalue weighted by Crippen LogP contribution is 2.24. The van der Waals surface area contributed by atoms with E-state index in [0.29, 0.717) is 24.0 Å². The first-order chi connectivity index (χ1) is 15.7. The summed E-state index contributed by atoms with van der Waals surface area (Å²) in [4.78, 5) is 8.65. The average molecular weight is 447 g/mol. The number of aliphatic hydroxyl groups excluding tert-OH is 1. The molecule has 2 N–H and O–H groups in total. The summed E-state index contributed by atoms with van der Waals surface area (Å²) in [6.45, 7) is 7.52. The summed E-state index contributed by atoms with van der Waals surface area (Å²) in [7, 11) is 1.63. The Hall–Kier alpha value is -3.40. The molecular weight excluding hydrogens is 416 g/mol. The molecule has 2 aromatic carbocycles. The van der Waals surface area contributed by atoms with Crippen LogP contribution in [-0.4, -0.2) is 33.4 Å².